The molecule has 0 aromatic carbocycles. The first kappa shape index (κ1) is 14.4. The lowest BCUT2D eigenvalue weighted by Crippen LogP contribution is -2.31. The van der Waals surface area contributed by atoms with E-state index in [1.807, 2.05) is 6.20 Å². The van der Waals surface area contributed by atoms with Crippen LogP contribution in [-0.2, 0) is 0 Å². The van der Waals surface area contributed by atoms with Gasteiger partial charge in [0.15, 0.2) is 0 Å². The number of rotatable bonds is 2. The maximum atomic E-state index is 4.97. The van der Waals surface area contributed by atoms with Crippen LogP contribution in [0.25, 0.3) is 17.0 Å². The summed E-state index contributed by atoms with van der Waals surface area (Å²) in [5.74, 6) is 0.537. The summed E-state index contributed by atoms with van der Waals surface area (Å²) in [6, 6.07) is 10.5. The number of imidazole rings is 1. The average molecular weight is 306 g/mol. The Bertz CT molecular complexity index is 836. The summed E-state index contributed by atoms with van der Waals surface area (Å²) in [7, 11) is 2.20. The van der Waals surface area contributed by atoms with Gasteiger partial charge in [0.25, 0.3) is 0 Å². The molecule has 1 fully saturated rings. The van der Waals surface area contributed by atoms with Crippen molar-refractivity contribution in [1.82, 2.24) is 19.3 Å². The van der Waals surface area contributed by atoms with Crippen molar-refractivity contribution in [1.29, 1.82) is 0 Å². The van der Waals surface area contributed by atoms with E-state index in [9.17, 15) is 0 Å². The number of piperidine rings is 1. The van der Waals surface area contributed by atoms with Gasteiger partial charge in [0.1, 0.15) is 5.65 Å². The van der Waals surface area contributed by atoms with Crippen molar-refractivity contribution in [2.24, 2.45) is 0 Å². The van der Waals surface area contributed by atoms with Crippen LogP contribution in [0.15, 0.2) is 42.7 Å². The standard InChI is InChI=1S/C19H22N4/c1-14-8-9-19-20-11-18(23(19)12-14)17-7-3-6-16(21-17)15-5-4-10-22(2)13-15/h3,6-9,11-12,15H,4-5,10,13H2,1-2H3. The number of pyridine rings is 2. The number of aromatic nitrogens is 3. The third-order valence-electron chi connectivity index (χ3n) is 4.73. The van der Waals surface area contributed by atoms with Crippen molar-refractivity contribution in [3.63, 3.8) is 0 Å². The third-order valence-corrected chi connectivity index (χ3v) is 4.73. The van der Waals surface area contributed by atoms with Crippen molar-refractivity contribution in [3.05, 3.63) is 54.0 Å². The molecule has 3 aromatic heterocycles. The number of hydrogen-bond donors (Lipinski definition) is 0. The van der Waals surface area contributed by atoms with Crippen LogP contribution in [-0.4, -0.2) is 39.4 Å². The Morgan fingerprint density at radius 2 is 2.09 bits per heavy atom. The van der Waals surface area contributed by atoms with E-state index in [1.165, 1.54) is 30.6 Å². The first-order valence-corrected chi connectivity index (χ1v) is 8.30. The van der Waals surface area contributed by atoms with Gasteiger partial charge < -0.3 is 4.90 Å². The topological polar surface area (TPSA) is 33.4 Å². The van der Waals surface area contributed by atoms with Crippen LogP contribution in [0, 0.1) is 6.92 Å². The molecule has 118 valence electrons. The second-order valence-electron chi connectivity index (χ2n) is 6.63. The highest BCUT2D eigenvalue weighted by molar-refractivity contribution is 5.60. The Balaban J connectivity index is 1.74. The maximum Gasteiger partial charge on any atom is 0.137 e. The molecule has 3 aromatic rings. The minimum Gasteiger partial charge on any atom is -0.306 e. The molecular weight excluding hydrogens is 284 g/mol. The van der Waals surface area contributed by atoms with Crippen LogP contribution in [0.1, 0.15) is 30.0 Å². The molecule has 0 radical (unpaired) electrons. The predicted octanol–water partition coefficient (Wildman–Crippen LogP) is 3.51. The molecule has 4 heteroatoms. The highest BCUT2D eigenvalue weighted by Crippen LogP contribution is 2.27. The van der Waals surface area contributed by atoms with Gasteiger partial charge in [-0.1, -0.05) is 12.1 Å². The molecule has 4 heterocycles. The average Bonchev–Trinajstić information content (AvgIpc) is 2.98. The van der Waals surface area contributed by atoms with E-state index in [0.717, 1.165) is 23.6 Å². The minimum atomic E-state index is 0.537. The first-order chi connectivity index (χ1) is 11.2. The van der Waals surface area contributed by atoms with E-state index in [2.05, 4.69) is 64.8 Å². The molecule has 1 saturated heterocycles. The molecule has 1 atom stereocenters. The molecule has 0 bridgehead atoms. The monoisotopic (exact) mass is 306 g/mol. The molecule has 23 heavy (non-hydrogen) atoms. The molecule has 4 nitrogen and oxygen atoms in total. The van der Waals surface area contributed by atoms with Gasteiger partial charge in [-0.2, -0.15) is 0 Å². The van der Waals surface area contributed by atoms with Gasteiger partial charge in [0, 0.05) is 24.4 Å². The largest absolute Gasteiger partial charge is 0.306 e. The maximum absolute atomic E-state index is 4.97. The predicted molar refractivity (Wildman–Crippen MR) is 92.6 cm³/mol. The highest BCUT2D eigenvalue weighted by atomic mass is 15.1. The lowest BCUT2D eigenvalue weighted by Gasteiger charge is -2.29. The number of nitrogens with zero attached hydrogens (tertiary/aromatic N) is 4. The summed E-state index contributed by atoms with van der Waals surface area (Å²) in [4.78, 5) is 11.9. The highest BCUT2D eigenvalue weighted by Gasteiger charge is 2.20. The zero-order valence-corrected chi connectivity index (χ0v) is 13.7. The molecule has 0 aliphatic carbocycles. The quantitative estimate of drug-likeness (QED) is 0.726. The summed E-state index contributed by atoms with van der Waals surface area (Å²) >= 11 is 0. The van der Waals surface area contributed by atoms with Crippen molar-refractivity contribution in [3.8, 4) is 11.4 Å². The number of fused-ring (bicyclic) bond motifs is 1. The minimum absolute atomic E-state index is 0.537. The first-order valence-electron chi connectivity index (χ1n) is 8.30. The molecule has 0 amide bonds. The van der Waals surface area contributed by atoms with E-state index in [1.54, 1.807) is 0 Å². The lowest BCUT2D eigenvalue weighted by molar-refractivity contribution is 0.248. The van der Waals surface area contributed by atoms with Crippen molar-refractivity contribution >= 4 is 5.65 Å². The molecule has 4 rings (SSSR count). The molecule has 0 spiro atoms. The van der Waals surface area contributed by atoms with E-state index in [-0.39, 0.29) is 0 Å². The van der Waals surface area contributed by atoms with Crippen molar-refractivity contribution in [2.45, 2.75) is 25.7 Å². The second-order valence-corrected chi connectivity index (χ2v) is 6.63. The molecule has 1 aliphatic rings. The van der Waals surface area contributed by atoms with E-state index in [4.69, 9.17) is 4.98 Å². The normalized spacial score (nSPS) is 19.3. The molecule has 1 unspecified atom stereocenters. The van der Waals surface area contributed by atoms with E-state index in [0.29, 0.717) is 5.92 Å². The fraction of sp³-hybridized carbons (Fsp3) is 0.368. The number of aryl methyl sites for hydroxylation is 1. The van der Waals surface area contributed by atoms with Gasteiger partial charge >= 0.3 is 0 Å². The van der Waals surface area contributed by atoms with Gasteiger partial charge in [-0.25, -0.2) is 4.98 Å². The van der Waals surface area contributed by atoms with Crippen LogP contribution < -0.4 is 0 Å². The van der Waals surface area contributed by atoms with E-state index >= 15 is 0 Å². The van der Waals surface area contributed by atoms with Gasteiger partial charge in [-0.3, -0.25) is 9.38 Å². The van der Waals surface area contributed by atoms with Crippen LogP contribution in [0.3, 0.4) is 0 Å². The summed E-state index contributed by atoms with van der Waals surface area (Å²) in [6.45, 7) is 4.40. The van der Waals surface area contributed by atoms with Crippen LogP contribution >= 0.6 is 0 Å². The molecule has 0 saturated carbocycles. The summed E-state index contributed by atoms with van der Waals surface area (Å²) in [5, 5.41) is 0. The summed E-state index contributed by atoms with van der Waals surface area (Å²) < 4.78 is 2.13. The van der Waals surface area contributed by atoms with Crippen LogP contribution in [0.5, 0.6) is 0 Å². The summed E-state index contributed by atoms with van der Waals surface area (Å²) in [6.07, 6.45) is 6.53. The zero-order valence-electron chi connectivity index (χ0n) is 13.7. The number of likely N-dealkylation sites (tertiary alicyclic amines) is 1. The number of likely N-dealkylation sites (N-methyl/N-ethyl adjacent to an activating group) is 1. The van der Waals surface area contributed by atoms with E-state index < -0.39 is 0 Å². The summed E-state index contributed by atoms with van der Waals surface area (Å²) in [5.41, 5.74) is 5.47. The molecule has 0 N–H and O–H groups in total. The smallest absolute Gasteiger partial charge is 0.137 e. The fourth-order valence-electron chi connectivity index (χ4n) is 3.51. The third kappa shape index (κ3) is 2.75. The Kier molecular flexibility index (Phi) is 3.62. The Morgan fingerprint density at radius 3 is 2.96 bits per heavy atom. The van der Waals surface area contributed by atoms with Gasteiger partial charge in [0.05, 0.1) is 17.6 Å². The SMILES string of the molecule is Cc1ccc2ncc(-c3cccc(C4CCCN(C)C4)n3)n2c1. The lowest BCUT2D eigenvalue weighted by atomic mass is 9.94. The van der Waals surface area contributed by atoms with Crippen molar-refractivity contribution in [2.75, 3.05) is 20.1 Å². The number of hydrogen-bond acceptors (Lipinski definition) is 3. The van der Waals surface area contributed by atoms with Crippen LogP contribution in [0.4, 0.5) is 0 Å². The van der Waals surface area contributed by atoms with Gasteiger partial charge in [-0.05, 0) is 57.1 Å². The van der Waals surface area contributed by atoms with Gasteiger partial charge in [0.2, 0.25) is 0 Å². The van der Waals surface area contributed by atoms with Crippen LogP contribution in [0.2, 0.25) is 0 Å². The Labute approximate surface area is 136 Å². The van der Waals surface area contributed by atoms with Crippen molar-refractivity contribution < 1.29 is 0 Å². The molecule has 1 aliphatic heterocycles. The zero-order chi connectivity index (χ0) is 15.8. The Hall–Kier alpha value is -2.20. The second kappa shape index (κ2) is 5.78. The van der Waals surface area contributed by atoms with Gasteiger partial charge in [-0.15, -0.1) is 0 Å². The fourth-order valence-corrected chi connectivity index (χ4v) is 3.51. The molecular formula is C19H22N4. The Morgan fingerprint density at radius 1 is 1.17 bits per heavy atom.